The first-order valence-corrected chi connectivity index (χ1v) is 9.64. The first-order chi connectivity index (χ1) is 10.0. The summed E-state index contributed by atoms with van der Waals surface area (Å²) in [4.78, 5) is 0. The van der Waals surface area contributed by atoms with Crippen molar-refractivity contribution in [3.8, 4) is 0 Å². The van der Waals surface area contributed by atoms with Gasteiger partial charge in [0.25, 0.3) is 0 Å². The molecular weight excluding hydrogens is 284 g/mol. The molecule has 1 saturated heterocycles. The molecule has 0 amide bonds. The maximum absolute atomic E-state index is 11.5. The summed E-state index contributed by atoms with van der Waals surface area (Å²) < 4.78 is 24.5. The van der Waals surface area contributed by atoms with Gasteiger partial charge in [-0.2, -0.15) is 0 Å². The smallest absolute Gasteiger partial charge is 0.211 e. The molecule has 1 aromatic carbocycles. The Balaban J connectivity index is 1.45. The van der Waals surface area contributed by atoms with Crippen molar-refractivity contribution in [2.45, 2.75) is 44.2 Å². The standard InChI is InChI=1S/C16H24N2O2S/c1-21(19,20)18-10-8-16(9-11-18)17-12-13-2-4-14(5-3-13)15-6-7-15/h2-5,15-17H,6-12H2,1H3. The molecule has 1 saturated carbocycles. The highest BCUT2D eigenvalue weighted by Crippen LogP contribution is 2.39. The molecule has 1 aromatic rings. The maximum Gasteiger partial charge on any atom is 0.211 e. The topological polar surface area (TPSA) is 49.4 Å². The highest BCUT2D eigenvalue weighted by Gasteiger charge is 2.25. The van der Waals surface area contributed by atoms with E-state index in [4.69, 9.17) is 0 Å². The first kappa shape index (κ1) is 15.0. The third-order valence-corrected chi connectivity index (χ3v) is 5.85. The van der Waals surface area contributed by atoms with E-state index in [1.165, 1.54) is 30.2 Å². The van der Waals surface area contributed by atoms with E-state index in [0.717, 1.165) is 25.3 Å². The van der Waals surface area contributed by atoms with Crippen LogP contribution in [0.4, 0.5) is 0 Å². The molecule has 116 valence electrons. The van der Waals surface area contributed by atoms with Crippen LogP contribution < -0.4 is 5.32 Å². The molecule has 0 aromatic heterocycles. The summed E-state index contributed by atoms with van der Waals surface area (Å²) in [6, 6.07) is 9.35. The van der Waals surface area contributed by atoms with Crippen molar-refractivity contribution in [3.63, 3.8) is 0 Å². The Morgan fingerprint density at radius 1 is 1.10 bits per heavy atom. The normalized spacial score (nSPS) is 21.6. The van der Waals surface area contributed by atoms with Crippen LogP contribution in [0.25, 0.3) is 0 Å². The van der Waals surface area contributed by atoms with E-state index in [2.05, 4.69) is 29.6 Å². The van der Waals surface area contributed by atoms with Crippen LogP contribution in [0.15, 0.2) is 24.3 Å². The molecule has 2 aliphatic rings. The quantitative estimate of drug-likeness (QED) is 0.906. The van der Waals surface area contributed by atoms with E-state index >= 15 is 0 Å². The predicted molar refractivity (Wildman–Crippen MR) is 84.7 cm³/mol. The van der Waals surface area contributed by atoms with Crippen LogP contribution in [-0.4, -0.2) is 38.1 Å². The zero-order valence-electron chi connectivity index (χ0n) is 12.6. The second kappa shape index (κ2) is 6.07. The molecule has 2 fully saturated rings. The molecule has 21 heavy (non-hydrogen) atoms. The molecule has 4 nitrogen and oxygen atoms in total. The van der Waals surface area contributed by atoms with Crippen molar-refractivity contribution in [1.29, 1.82) is 0 Å². The molecular formula is C16H24N2O2S. The van der Waals surface area contributed by atoms with Crippen LogP contribution in [-0.2, 0) is 16.6 Å². The Morgan fingerprint density at radius 2 is 1.71 bits per heavy atom. The Hall–Kier alpha value is -0.910. The minimum Gasteiger partial charge on any atom is -0.310 e. The summed E-state index contributed by atoms with van der Waals surface area (Å²) in [5.74, 6) is 0.812. The van der Waals surface area contributed by atoms with E-state index in [1.54, 1.807) is 4.31 Å². The van der Waals surface area contributed by atoms with Gasteiger partial charge in [0.1, 0.15) is 0 Å². The second-order valence-corrected chi connectivity index (χ2v) is 8.32. The van der Waals surface area contributed by atoms with Gasteiger partial charge in [-0.3, -0.25) is 0 Å². The second-order valence-electron chi connectivity index (χ2n) is 6.33. The summed E-state index contributed by atoms with van der Waals surface area (Å²) in [6.07, 6.45) is 5.77. The number of benzene rings is 1. The van der Waals surface area contributed by atoms with Crippen molar-refractivity contribution >= 4 is 10.0 Å². The van der Waals surface area contributed by atoms with E-state index in [1.807, 2.05) is 0 Å². The number of sulfonamides is 1. The largest absolute Gasteiger partial charge is 0.310 e. The minimum absolute atomic E-state index is 0.422. The number of nitrogens with zero attached hydrogens (tertiary/aromatic N) is 1. The average molecular weight is 308 g/mol. The van der Waals surface area contributed by atoms with Crippen LogP contribution in [0.2, 0.25) is 0 Å². The van der Waals surface area contributed by atoms with Crippen LogP contribution in [0.5, 0.6) is 0 Å². The van der Waals surface area contributed by atoms with Crippen LogP contribution in [0.1, 0.15) is 42.7 Å². The van der Waals surface area contributed by atoms with Gasteiger partial charge in [0.05, 0.1) is 6.26 Å². The molecule has 0 atom stereocenters. The predicted octanol–water partition coefficient (Wildman–Crippen LogP) is 2.08. The lowest BCUT2D eigenvalue weighted by Gasteiger charge is -2.30. The molecule has 0 unspecified atom stereocenters. The van der Waals surface area contributed by atoms with E-state index in [-0.39, 0.29) is 0 Å². The molecule has 0 spiro atoms. The van der Waals surface area contributed by atoms with E-state index in [9.17, 15) is 8.42 Å². The Bertz CT molecular complexity index is 571. The van der Waals surface area contributed by atoms with Crippen LogP contribution in [0, 0.1) is 0 Å². The molecule has 1 aliphatic heterocycles. The summed E-state index contributed by atoms with van der Waals surface area (Å²) in [5, 5.41) is 3.55. The molecule has 1 N–H and O–H groups in total. The summed E-state index contributed by atoms with van der Waals surface area (Å²) >= 11 is 0. The molecule has 1 heterocycles. The number of nitrogens with one attached hydrogen (secondary N) is 1. The minimum atomic E-state index is -3.02. The zero-order chi connectivity index (χ0) is 14.9. The molecule has 1 aliphatic carbocycles. The van der Waals surface area contributed by atoms with Gasteiger partial charge in [-0.15, -0.1) is 0 Å². The lowest BCUT2D eigenvalue weighted by Crippen LogP contribution is -2.44. The van der Waals surface area contributed by atoms with Gasteiger partial charge in [0.15, 0.2) is 0 Å². The Morgan fingerprint density at radius 3 is 2.24 bits per heavy atom. The van der Waals surface area contributed by atoms with Gasteiger partial charge < -0.3 is 5.32 Å². The van der Waals surface area contributed by atoms with Crippen molar-refractivity contribution < 1.29 is 8.42 Å². The van der Waals surface area contributed by atoms with Gasteiger partial charge in [-0.05, 0) is 42.7 Å². The summed E-state index contributed by atoms with van der Waals surface area (Å²) in [6.45, 7) is 2.14. The van der Waals surface area contributed by atoms with Crippen molar-refractivity contribution in [2.24, 2.45) is 0 Å². The fourth-order valence-corrected chi connectivity index (χ4v) is 3.85. The van der Waals surface area contributed by atoms with E-state index < -0.39 is 10.0 Å². The van der Waals surface area contributed by atoms with Gasteiger partial charge in [0.2, 0.25) is 10.0 Å². The van der Waals surface area contributed by atoms with Crippen LogP contribution >= 0.6 is 0 Å². The van der Waals surface area contributed by atoms with Crippen LogP contribution in [0.3, 0.4) is 0 Å². The van der Waals surface area contributed by atoms with Crippen molar-refractivity contribution in [2.75, 3.05) is 19.3 Å². The van der Waals surface area contributed by atoms with Gasteiger partial charge in [0, 0.05) is 25.7 Å². The molecule has 3 rings (SSSR count). The van der Waals surface area contributed by atoms with Crippen molar-refractivity contribution in [1.82, 2.24) is 9.62 Å². The monoisotopic (exact) mass is 308 g/mol. The van der Waals surface area contributed by atoms with E-state index in [0.29, 0.717) is 19.1 Å². The van der Waals surface area contributed by atoms with Gasteiger partial charge in [-0.1, -0.05) is 24.3 Å². The first-order valence-electron chi connectivity index (χ1n) is 7.80. The number of hydrogen-bond donors (Lipinski definition) is 1. The number of hydrogen-bond acceptors (Lipinski definition) is 3. The summed E-state index contributed by atoms with van der Waals surface area (Å²) in [7, 11) is -3.02. The Kier molecular flexibility index (Phi) is 4.33. The maximum atomic E-state index is 11.5. The summed E-state index contributed by atoms with van der Waals surface area (Å²) in [5.41, 5.74) is 2.78. The molecule has 0 radical (unpaired) electrons. The fraction of sp³-hybridized carbons (Fsp3) is 0.625. The zero-order valence-corrected chi connectivity index (χ0v) is 13.4. The van der Waals surface area contributed by atoms with Gasteiger partial charge in [-0.25, -0.2) is 12.7 Å². The third kappa shape index (κ3) is 4.05. The fourth-order valence-electron chi connectivity index (χ4n) is 2.98. The highest BCUT2D eigenvalue weighted by molar-refractivity contribution is 7.88. The lowest BCUT2D eigenvalue weighted by molar-refractivity contribution is 0.290. The average Bonchev–Trinajstić information content (AvgIpc) is 3.30. The SMILES string of the molecule is CS(=O)(=O)N1CCC(NCc2ccc(C3CC3)cc2)CC1. The molecule has 5 heteroatoms. The third-order valence-electron chi connectivity index (χ3n) is 4.55. The highest BCUT2D eigenvalue weighted by atomic mass is 32.2. The lowest BCUT2D eigenvalue weighted by atomic mass is 10.1. The number of rotatable bonds is 5. The van der Waals surface area contributed by atoms with Crippen molar-refractivity contribution in [3.05, 3.63) is 35.4 Å². The van der Waals surface area contributed by atoms with Gasteiger partial charge >= 0.3 is 0 Å². The number of piperidine rings is 1. The molecule has 0 bridgehead atoms. The Labute approximate surface area is 127 Å².